The lowest BCUT2D eigenvalue weighted by Crippen LogP contribution is -2.13. The van der Waals surface area contributed by atoms with Crippen molar-refractivity contribution in [3.63, 3.8) is 0 Å². The van der Waals surface area contributed by atoms with Crippen LogP contribution in [-0.4, -0.2) is 19.2 Å². The van der Waals surface area contributed by atoms with E-state index in [1.165, 1.54) is 5.56 Å². The van der Waals surface area contributed by atoms with E-state index in [0.29, 0.717) is 6.61 Å². The number of rotatable bonds is 2. The number of fused-ring (bicyclic) bond motifs is 1. The van der Waals surface area contributed by atoms with Crippen molar-refractivity contribution < 1.29 is 9.53 Å². The van der Waals surface area contributed by atoms with Gasteiger partial charge in [-0.1, -0.05) is 0 Å². The van der Waals surface area contributed by atoms with E-state index >= 15 is 0 Å². The Morgan fingerprint density at radius 1 is 1.60 bits per heavy atom. The van der Waals surface area contributed by atoms with Crippen molar-refractivity contribution in [2.45, 2.75) is 13.3 Å². The lowest BCUT2D eigenvalue weighted by atomic mass is 10.1. The molecule has 0 fully saturated rings. The molecule has 1 aromatic carbocycles. The van der Waals surface area contributed by atoms with E-state index in [-0.39, 0.29) is 0 Å². The molecule has 2 N–H and O–H groups in total. The van der Waals surface area contributed by atoms with Crippen molar-refractivity contribution >= 4 is 17.5 Å². The Morgan fingerprint density at radius 3 is 3.27 bits per heavy atom. The van der Waals surface area contributed by atoms with Gasteiger partial charge in [0.05, 0.1) is 6.61 Å². The Bertz CT molecular complexity index is 377. The van der Waals surface area contributed by atoms with Gasteiger partial charge in [0.2, 0.25) is 0 Å². The van der Waals surface area contributed by atoms with Crippen LogP contribution in [0.15, 0.2) is 18.2 Å². The molecule has 0 bridgehead atoms. The van der Waals surface area contributed by atoms with E-state index in [4.69, 9.17) is 4.74 Å². The van der Waals surface area contributed by atoms with Gasteiger partial charge in [0.15, 0.2) is 0 Å². The largest absolute Gasteiger partial charge is 0.450 e. The fourth-order valence-corrected chi connectivity index (χ4v) is 1.67. The molecule has 2 rings (SSSR count). The third-order valence-corrected chi connectivity index (χ3v) is 2.34. The summed E-state index contributed by atoms with van der Waals surface area (Å²) in [5.74, 6) is 0. The van der Waals surface area contributed by atoms with Crippen LogP contribution in [0.25, 0.3) is 0 Å². The van der Waals surface area contributed by atoms with Crippen LogP contribution in [0.5, 0.6) is 0 Å². The Hall–Kier alpha value is -1.71. The molecule has 0 atom stereocenters. The average molecular weight is 206 g/mol. The second-order valence-corrected chi connectivity index (χ2v) is 3.39. The molecule has 1 heterocycles. The van der Waals surface area contributed by atoms with E-state index in [0.717, 1.165) is 24.3 Å². The van der Waals surface area contributed by atoms with E-state index in [1.54, 1.807) is 6.92 Å². The maximum Gasteiger partial charge on any atom is 0.411 e. The van der Waals surface area contributed by atoms with Crippen LogP contribution in [-0.2, 0) is 11.2 Å². The molecule has 80 valence electrons. The summed E-state index contributed by atoms with van der Waals surface area (Å²) in [7, 11) is 0. The number of benzene rings is 1. The molecule has 0 saturated carbocycles. The van der Waals surface area contributed by atoms with Gasteiger partial charge < -0.3 is 10.1 Å². The van der Waals surface area contributed by atoms with Crippen molar-refractivity contribution in [1.29, 1.82) is 0 Å². The fraction of sp³-hybridized carbons (Fsp3) is 0.364. The van der Waals surface area contributed by atoms with Gasteiger partial charge in [0.25, 0.3) is 0 Å². The molecule has 0 aromatic heterocycles. The van der Waals surface area contributed by atoms with E-state index in [1.807, 2.05) is 18.2 Å². The molecule has 0 aliphatic carbocycles. The summed E-state index contributed by atoms with van der Waals surface area (Å²) in [5.41, 5.74) is 3.18. The number of amides is 1. The number of hydrogen-bond donors (Lipinski definition) is 2. The van der Waals surface area contributed by atoms with Crippen LogP contribution in [0.1, 0.15) is 12.5 Å². The zero-order valence-corrected chi connectivity index (χ0v) is 8.67. The molecule has 4 nitrogen and oxygen atoms in total. The standard InChI is InChI=1S/C11H14N2O2/c1-2-15-11(14)13-9-3-4-10-8(7-9)5-6-12-10/h3-4,7,12H,2,5-6H2,1H3,(H,13,14). The number of carbonyl (C=O) groups excluding carboxylic acids is 1. The van der Waals surface area contributed by atoms with Crippen LogP contribution in [0, 0.1) is 0 Å². The first kappa shape index (κ1) is 9.83. The summed E-state index contributed by atoms with van der Waals surface area (Å²) in [4.78, 5) is 11.2. The number of hydrogen-bond acceptors (Lipinski definition) is 3. The van der Waals surface area contributed by atoms with Crippen molar-refractivity contribution in [3.05, 3.63) is 23.8 Å². The predicted octanol–water partition coefficient (Wildman–Crippen LogP) is 2.22. The van der Waals surface area contributed by atoms with Gasteiger partial charge in [-0.2, -0.15) is 0 Å². The van der Waals surface area contributed by atoms with Crippen molar-refractivity contribution in [2.75, 3.05) is 23.8 Å². The zero-order valence-electron chi connectivity index (χ0n) is 8.67. The maximum absolute atomic E-state index is 11.2. The summed E-state index contributed by atoms with van der Waals surface area (Å²) in [6.07, 6.45) is 0.608. The van der Waals surface area contributed by atoms with Crippen LogP contribution < -0.4 is 10.6 Å². The average Bonchev–Trinajstić information content (AvgIpc) is 2.65. The zero-order chi connectivity index (χ0) is 10.7. The Balaban J connectivity index is 2.06. The molecule has 0 spiro atoms. The highest BCUT2D eigenvalue weighted by atomic mass is 16.5. The first-order valence-corrected chi connectivity index (χ1v) is 5.10. The molecule has 15 heavy (non-hydrogen) atoms. The summed E-state index contributed by atoms with van der Waals surface area (Å²) in [6, 6.07) is 5.82. The maximum atomic E-state index is 11.2. The van der Waals surface area contributed by atoms with Crippen molar-refractivity contribution in [2.24, 2.45) is 0 Å². The lowest BCUT2D eigenvalue weighted by Gasteiger charge is -2.06. The van der Waals surface area contributed by atoms with Gasteiger partial charge in [0, 0.05) is 17.9 Å². The third-order valence-electron chi connectivity index (χ3n) is 2.34. The van der Waals surface area contributed by atoms with Gasteiger partial charge in [-0.25, -0.2) is 4.79 Å². The van der Waals surface area contributed by atoms with Gasteiger partial charge in [-0.15, -0.1) is 0 Å². The molecule has 4 heteroatoms. The summed E-state index contributed by atoms with van der Waals surface area (Å²) in [6.45, 7) is 3.14. The molecule has 1 aliphatic rings. The molecular formula is C11H14N2O2. The Labute approximate surface area is 88.6 Å². The minimum Gasteiger partial charge on any atom is -0.450 e. The summed E-state index contributed by atoms with van der Waals surface area (Å²) >= 11 is 0. The minimum absolute atomic E-state index is 0.387. The van der Waals surface area contributed by atoms with Gasteiger partial charge in [-0.05, 0) is 37.1 Å². The van der Waals surface area contributed by atoms with E-state index in [2.05, 4.69) is 10.6 Å². The SMILES string of the molecule is CCOC(=O)Nc1ccc2c(c1)CCN2. The van der Waals surface area contributed by atoms with Gasteiger partial charge in [0.1, 0.15) is 0 Å². The molecule has 0 radical (unpaired) electrons. The van der Waals surface area contributed by atoms with E-state index in [9.17, 15) is 4.79 Å². The normalized spacial score (nSPS) is 12.9. The number of nitrogens with one attached hydrogen (secondary N) is 2. The highest BCUT2D eigenvalue weighted by Gasteiger charge is 2.10. The Morgan fingerprint density at radius 2 is 2.47 bits per heavy atom. The quantitative estimate of drug-likeness (QED) is 0.780. The number of anilines is 2. The smallest absolute Gasteiger partial charge is 0.411 e. The number of ether oxygens (including phenoxy) is 1. The first-order chi connectivity index (χ1) is 7.29. The van der Waals surface area contributed by atoms with Crippen molar-refractivity contribution in [3.8, 4) is 0 Å². The minimum atomic E-state index is -0.400. The van der Waals surface area contributed by atoms with E-state index < -0.39 is 6.09 Å². The molecule has 0 saturated heterocycles. The first-order valence-electron chi connectivity index (χ1n) is 5.10. The predicted molar refractivity (Wildman–Crippen MR) is 59.3 cm³/mol. The summed E-state index contributed by atoms with van der Waals surface area (Å²) < 4.78 is 4.80. The molecule has 1 aromatic rings. The van der Waals surface area contributed by atoms with Crippen LogP contribution in [0.4, 0.5) is 16.2 Å². The van der Waals surface area contributed by atoms with Gasteiger partial charge >= 0.3 is 6.09 Å². The third kappa shape index (κ3) is 2.21. The molecule has 1 amide bonds. The van der Waals surface area contributed by atoms with Gasteiger partial charge in [-0.3, -0.25) is 5.32 Å². The molecule has 1 aliphatic heterocycles. The highest BCUT2D eigenvalue weighted by molar-refractivity contribution is 5.85. The second kappa shape index (κ2) is 4.21. The second-order valence-electron chi connectivity index (χ2n) is 3.39. The fourth-order valence-electron chi connectivity index (χ4n) is 1.67. The summed E-state index contributed by atoms with van der Waals surface area (Å²) in [5, 5.41) is 5.95. The highest BCUT2D eigenvalue weighted by Crippen LogP contribution is 2.25. The lowest BCUT2D eigenvalue weighted by molar-refractivity contribution is 0.168. The van der Waals surface area contributed by atoms with Crippen LogP contribution in [0.2, 0.25) is 0 Å². The topological polar surface area (TPSA) is 50.4 Å². The van der Waals surface area contributed by atoms with Crippen molar-refractivity contribution in [1.82, 2.24) is 0 Å². The molecule has 0 unspecified atom stereocenters. The monoisotopic (exact) mass is 206 g/mol. The van der Waals surface area contributed by atoms with Crippen LogP contribution >= 0.6 is 0 Å². The number of carbonyl (C=O) groups is 1. The Kier molecular flexibility index (Phi) is 2.76. The van der Waals surface area contributed by atoms with Crippen LogP contribution in [0.3, 0.4) is 0 Å². The molecular weight excluding hydrogens is 192 g/mol.